The van der Waals surface area contributed by atoms with Crippen molar-refractivity contribution >= 4 is 35.8 Å². The molecule has 4 aromatic carbocycles. The summed E-state index contributed by atoms with van der Waals surface area (Å²) in [6.07, 6.45) is 12.1. The summed E-state index contributed by atoms with van der Waals surface area (Å²) in [5.41, 5.74) is 5.01. The first kappa shape index (κ1) is 31.0. The number of nitrogens with one attached hydrogen (secondary N) is 2. The maximum absolute atomic E-state index is 12.4. The van der Waals surface area contributed by atoms with Crippen molar-refractivity contribution in [3.8, 4) is 0 Å². The molecule has 2 N–H and O–H groups in total. The van der Waals surface area contributed by atoms with Crippen LogP contribution in [0, 0.1) is 0 Å². The third-order valence-corrected chi connectivity index (χ3v) is 6.90. The molecule has 0 bridgehead atoms. The Labute approximate surface area is 265 Å². The van der Waals surface area contributed by atoms with E-state index in [4.69, 9.17) is 0 Å². The molecule has 0 spiro atoms. The molecule has 0 unspecified atom stereocenters. The zero-order valence-corrected chi connectivity index (χ0v) is 24.7. The lowest BCUT2D eigenvalue weighted by Crippen LogP contribution is -2.13. The predicted octanol–water partition coefficient (Wildman–Crippen LogP) is 5.99. The minimum Gasteiger partial charge on any atom is -0.333 e. The zero-order valence-electron chi connectivity index (χ0n) is 24.7. The van der Waals surface area contributed by atoms with Crippen molar-refractivity contribution in [3.63, 3.8) is 0 Å². The van der Waals surface area contributed by atoms with E-state index in [1.165, 1.54) is 0 Å². The van der Waals surface area contributed by atoms with Crippen LogP contribution in [0.25, 0.3) is 0 Å². The highest BCUT2D eigenvalue weighted by atomic mass is 16.2. The van der Waals surface area contributed by atoms with Crippen LogP contribution in [0.4, 0.5) is 11.4 Å². The number of carbonyl (C=O) groups is 4. The van der Waals surface area contributed by atoms with Gasteiger partial charge in [0, 0.05) is 60.1 Å². The van der Waals surface area contributed by atoms with Crippen LogP contribution in [0.2, 0.25) is 0 Å². The number of hydrogen-bond acceptors (Lipinski definition) is 6. The first-order valence-electron chi connectivity index (χ1n) is 14.3. The van der Waals surface area contributed by atoms with Crippen LogP contribution in [-0.4, -0.2) is 43.5 Å². The first-order chi connectivity index (χ1) is 22.5. The number of aldehydes is 2. The maximum Gasteiger partial charge on any atom is 0.255 e. The van der Waals surface area contributed by atoms with Crippen molar-refractivity contribution in [1.82, 2.24) is 19.1 Å². The van der Waals surface area contributed by atoms with Gasteiger partial charge in [-0.25, -0.2) is 9.97 Å². The summed E-state index contributed by atoms with van der Waals surface area (Å²) >= 11 is 0. The van der Waals surface area contributed by atoms with Crippen LogP contribution in [0.1, 0.15) is 52.6 Å². The van der Waals surface area contributed by atoms with Crippen LogP contribution in [0.3, 0.4) is 0 Å². The Morgan fingerprint density at radius 1 is 0.587 bits per heavy atom. The average molecular weight is 611 g/mol. The van der Waals surface area contributed by atoms with E-state index in [2.05, 4.69) is 20.6 Å². The zero-order chi connectivity index (χ0) is 32.1. The Morgan fingerprint density at radius 3 is 1.41 bits per heavy atom. The smallest absolute Gasteiger partial charge is 0.255 e. The lowest BCUT2D eigenvalue weighted by molar-refractivity contribution is 0.101. The van der Waals surface area contributed by atoms with E-state index in [0.717, 1.165) is 23.7 Å². The Balaban J connectivity index is 0.000000181. The number of carbonyl (C=O) groups excluding carboxylic acids is 4. The topological polar surface area (TPSA) is 128 Å². The summed E-state index contributed by atoms with van der Waals surface area (Å²) in [6.45, 7) is 1.29. The fourth-order valence-corrected chi connectivity index (χ4v) is 4.62. The molecular weight excluding hydrogens is 580 g/mol. The molecule has 0 saturated heterocycles. The molecule has 10 heteroatoms. The summed E-state index contributed by atoms with van der Waals surface area (Å²) in [6, 6.07) is 28.5. The van der Waals surface area contributed by atoms with Crippen LogP contribution < -0.4 is 10.6 Å². The Bertz CT molecular complexity index is 1790. The van der Waals surface area contributed by atoms with Crippen molar-refractivity contribution in [2.24, 2.45) is 0 Å². The molecule has 6 rings (SSSR count). The molecule has 0 atom stereocenters. The molecule has 2 amide bonds. The molecule has 2 heterocycles. The molecule has 0 saturated carbocycles. The number of rotatable bonds is 10. The van der Waals surface area contributed by atoms with Gasteiger partial charge in [-0.2, -0.15) is 0 Å². The van der Waals surface area contributed by atoms with Gasteiger partial charge in [0.15, 0.2) is 12.6 Å². The lowest BCUT2D eigenvalue weighted by atomic mass is 10.1. The van der Waals surface area contributed by atoms with Crippen molar-refractivity contribution in [2.45, 2.75) is 13.1 Å². The van der Waals surface area contributed by atoms with Gasteiger partial charge in [-0.15, -0.1) is 0 Å². The van der Waals surface area contributed by atoms with Crippen LogP contribution in [-0.2, 0) is 13.1 Å². The van der Waals surface area contributed by atoms with Gasteiger partial charge in [-0.05, 0) is 59.7 Å². The van der Waals surface area contributed by atoms with Crippen LogP contribution >= 0.6 is 0 Å². The number of benzene rings is 4. The fourth-order valence-electron chi connectivity index (χ4n) is 4.62. The van der Waals surface area contributed by atoms with Gasteiger partial charge in [-0.3, -0.25) is 19.2 Å². The van der Waals surface area contributed by atoms with Gasteiger partial charge in [-0.1, -0.05) is 48.5 Å². The number of aromatic nitrogens is 4. The molecule has 0 radical (unpaired) electrons. The quantitative estimate of drug-likeness (QED) is 0.183. The Hall–Kier alpha value is -6.42. The molecule has 0 fully saturated rings. The summed E-state index contributed by atoms with van der Waals surface area (Å²) in [4.78, 5) is 54.8. The van der Waals surface area contributed by atoms with Gasteiger partial charge >= 0.3 is 0 Å². The van der Waals surface area contributed by atoms with E-state index >= 15 is 0 Å². The number of hydrogen-bond donors (Lipinski definition) is 2. The average Bonchev–Trinajstić information content (AvgIpc) is 3.81. The van der Waals surface area contributed by atoms with Gasteiger partial charge in [0.05, 0.1) is 24.0 Å². The monoisotopic (exact) mass is 610 g/mol. The SMILES string of the molecule is O=Cc1ccccc1NC(=O)c1cccc(Cn2ccnc2)c1.O=Cc1ccccc1NC(=O)c1cccc(Cn2ccnc2)c1. The molecule has 0 aliphatic rings. The highest BCUT2D eigenvalue weighted by molar-refractivity contribution is 6.07. The summed E-state index contributed by atoms with van der Waals surface area (Å²) in [5.74, 6) is -0.487. The fraction of sp³-hybridized carbons (Fsp3) is 0.0556. The molecule has 6 aromatic rings. The van der Waals surface area contributed by atoms with E-state index in [9.17, 15) is 19.2 Å². The second kappa shape index (κ2) is 15.3. The molecule has 0 aliphatic carbocycles. The van der Waals surface area contributed by atoms with E-state index in [-0.39, 0.29) is 11.8 Å². The van der Waals surface area contributed by atoms with Crippen molar-refractivity contribution in [3.05, 3.63) is 168 Å². The molecule has 228 valence electrons. The Kier molecular flexibility index (Phi) is 10.4. The predicted molar refractivity (Wildman–Crippen MR) is 175 cm³/mol. The molecule has 0 aliphatic heterocycles. The molecule has 46 heavy (non-hydrogen) atoms. The van der Waals surface area contributed by atoms with E-state index in [0.29, 0.717) is 46.7 Å². The molecule has 10 nitrogen and oxygen atoms in total. The van der Waals surface area contributed by atoms with Crippen molar-refractivity contribution in [1.29, 1.82) is 0 Å². The van der Waals surface area contributed by atoms with Gasteiger partial charge in [0.25, 0.3) is 11.8 Å². The van der Waals surface area contributed by atoms with Gasteiger partial charge in [0.2, 0.25) is 0 Å². The number of amides is 2. The molecule has 2 aromatic heterocycles. The number of para-hydroxylation sites is 2. The standard InChI is InChI=1S/2C18H15N3O2/c2*22-12-16-5-1-2-7-17(16)20-18(23)15-6-3-4-14(10-15)11-21-9-8-19-13-21/h2*1-10,12-13H,11H2,(H,20,23). The van der Waals surface area contributed by atoms with Gasteiger partial charge in [0.1, 0.15) is 0 Å². The van der Waals surface area contributed by atoms with E-state index in [1.54, 1.807) is 85.7 Å². The number of imidazole rings is 2. The largest absolute Gasteiger partial charge is 0.333 e. The highest BCUT2D eigenvalue weighted by Gasteiger charge is 2.11. The molecular formula is C36H30N6O4. The summed E-state index contributed by atoms with van der Waals surface area (Å²) < 4.78 is 3.86. The lowest BCUT2D eigenvalue weighted by Gasteiger charge is -2.09. The minimum absolute atomic E-state index is 0.244. The van der Waals surface area contributed by atoms with Crippen molar-refractivity contribution in [2.75, 3.05) is 10.6 Å². The second-order valence-corrected chi connectivity index (χ2v) is 10.2. The minimum atomic E-state index is -0.244. The second-order valence-electron chi connectivity index (χ2n) is 10.2. The van der Waals surface area contributed by atoms with E-state index in [1.807, 2.05) is 57.9 Å². The number of nitrogens with zero attached hydrogens (tertiary/aromatic N) is 4. The number of anilines is 2. The van der Waals surface area contributed by atoms with Gasteiger partial charge < -0.3 is 19.8 Å². The Morgan fingerprint density at radius 2 is 1.02 bits per heavy atom. The highest BCUT2D eigenvalue weighted by Crippen LogP contribution is 2.17. The first-order valence-corrected chi connectivity index (χ1v) is 14.3. The summed E-state index contributed by atoms with van der Waals surface area (Å²) in [7, 11) is 0. The van der Waals surface area contributed by atoms with Crippen LogP contribution in [0.5, 0.6) is 0 Å². The van der Waals surface area contributed by atoms with E-state index < -0.39 is 0 Å². The summed E-state index contributed by atoms with van der Waals surface area (Å²) in [5, 5.41) is 5.55. The third kappa shape index (κ3) is 8.35. The third-order valence-electron chi connectivity index (χ3n) is 6.90. The maximum atomic E-state index is 12.4. The van der Waals surface area contributed by atoms with Crippen LogP contribution in [0.15, 0.2) is 135 Å². The van der Waals surface area contributed by atoms with Crippen molar-refractivity contribution < 1.29 is 19.2 Å². The normalized spacial score (nSPS) is 10.3.